The average Bonchev–Trinajstić information content (AvgIpc) is 3.37. The highest BCUT2D eigenvalue weighted by atomic mass is 16.2. The van der Waals surface area contributed by atoms with Crippen LogP contribution < -0.4 is 10.6 Å². The van der Waals surface area contributed by atoms with E-state index < -0.39 is 29.7 Å². The minimum atomic E-state index is -0.990. The molecular formula is C30H33N5O5. The summed E-state index contributed by atoms with van der Waals surface area (Å²) in [6, 6.07) is 12.4. The molecule has 4 aliphatic rings. The smallest absolute Gasteiger partial charge is 0.264 e. The van der Waals surface area contributed by atoms with E-state index in [1.165, 1.54) is 5.56 Å². The summed E-state index contributed by atoms with van der Waals surface area (Å²) >= 11 is 0. The summed E-state index contributed by atoms with van der Waals surface area (Å²) in [6.07, 6.45) is 3.01. The Morgan fingerprint density at radius 2 is 1.60 bits per heavy atom. The van der Waals surface area contributed by atoms with Gasteiger partial charge in [-0.1, -0.05) is 30.3 Å². The quantitative estimate of drug-likeness (QED) is 0.536. The SMILES string of the molecule is CN1CCC2(CCN(Cc3ccc(CNc4cccc5c4C(=O)N(C4CCC(=O)NC4=O)C5=O)cc3)CC2)C1=O. The van der Waals surface area contributed by atoms with Gasteiger partial charge in [0.1, 0.15) is 6.04 Å². The van der Waals surface area contributed by atoms with Gasteiger partial charge in [-0.15, -0.1) is 0 Å². The largest absolute Gasteiger partial charge is 0.380 e. The molecular weight excluding hydrogens is 510 g/mol. The number of benzene rings is 2. The Labute approximate surface area is 232 Å². The fourth-order valence-electron chi connectivity index (χ4n) is 6.48. The van der Waals surface area contributed by atoms with Crippen LogP contribution in [-0.2, 0) is 27.5 Å². The van der Waals surface area contributed by atoms with Crippen molar-refractivity contribution in [3.05, 3.63) is 64.7 Å². The van der Waals surface area contributed by atoms with E-state index in [0.717, 1.165) is 55.9 Å². The van der Waals surface area contributed by atoms with Crippen molar-refractivity contribution in [1.82, 2.24) is 20.0 Å². The standard InChI is InChI=1S/C30H33N5O5/c1-33-14-11-30(29(33)40)12-15-34(16-13-30)18-20-7-5-19(6-8-20)17-31-22-4-2-3-21-25(22)28(39)35(27(21)38)23-9-10-24(36)32-26(23)37/h2-8,23,31H,9-18H2,1H3,(H,32,36,37). The van der Waals surface area contributed by atoms with Gasteiger partial charge >= 0.3 is 0 Å². The van der Waals surface area contributed by atoms with Crippen LogP contribution in [0, 0.1) is 5.41 Å². The molecule has 0 aliphatic carbocycles. The van der Waals surface area contributed by atoms with Gasteiger partial charge in [0.25, 0.3) is 11.8 Å². The van der Waals surface area contributed by atoms with E-state index >= 15 is 0 Å². The number of piperidine rings is 2. The second-order valence-corrected chi connectivity index (χ2v) is 11.4. The van der Waals surface area contributed by atoms with E-state index in [2.05, 4.69) is 39.8 Å². The molecule has 1 atom stereocenters. The number of likely N-dealkylation sites (tertiary alicyclic amines) is 2. The molecule has 0 aromatic heterocycles. The second kappa shape index (κ2) is 10.2. The number of imide groups is 2. The van der Waals surface area contributed by atoms with E-state index in [1.807, 2.05) is 11.9 Å². The Hall–Kier alpha value is -4.05. The third kappa shape index (κ3) is 4.56. The number of amides is 5. The molecule has 4 aliphatic heterocycles. The van der Waals surface area contributed by atoms with Crippen LogP contribution in [-0.4, -0.2) is 77.0 Å². The van der Waals surface area contributed by atoms with Crippen LogP contribution in [0.5, 0.6) is 0 Å². The molecule has 10 nitrogen and oxygen atoms in total. The molecule has 1 unspecified atom stereocenters. The van der Waals surface area contributed by atoms with E-state index in [1.54, 1.807) is 18.2 Å². The number of hydrogen-bond donors (Lipinski definition) is 2. The highest BCUT2D eigenvalue weighted by molar-refractivity contribution is 6.25. The molecule has 40 heavy (non-hydrogen) atoms. The van der Waals surface area contributed by atoms with Crippen molar-refractivity contribution < 1.29 is 24.0 Å². The predicted octanol–water partition coefficient (Wildman–Crippen LogP) is 2.14. The van der Waals surface area contributed by atoms with Crippen molar-refractivity contribution in [1.29, 1.82) is 0 Å². The van der Waals surface area contributed by atoms with E-state index in [0.29, 0.717) is 18.1 Å². The summed E-state index contributed by atoms with van der Waals surface area (Å²) in [5, 5.41) is 5.51. The zero-order valence-electron chi connectivity index (χ0n) is 22.6. The number of carbonyl (C=O) groups excluding carboxylic acids is 5. The molecule has 6 rings (SSSR count). The first-order valence-electron chi connectivity index (χ1n) is 13.9. The van der Waals surface area contributed by atoms with Gasteiger partial charge in [0.05, 0.1) is 16.5 Å². The van der Waals surface area contributed by atoms with Crippen molar-refractivity contribution in [3.8, 4) is 0 Å². The Morgan fingerprint density at radius 1 is 0.900 bits per heavy atom. The number of carbonyl (C=O) groups is 5. The molecule has 2 aromatic rings. The lowest BCUT2D eigenvalue weighted by atomic mass is 9.77. The number of anilines is 1. The van der Waals surface area contributed by atoms with Crippen LogP contribution in [0.1, 0.15) is 63.9 Å². The van der Waals surface area contributed by atoms with Gasteiger partial charge in [0, 0.05) is 38.8 Å². The Bertz CT molecular complexity index is 1400. The van der Waals surface area contributed by atoms with Crippen molar-refractivity contribution in [3.63, 3.8) is 0 Å². The maximum absolute atomic E-state index is 13.3. The van der Waals surface area contributed by atoms with Crippen LogP contribution in [0.15, 0.2) is 42.5 Å². The maximum atomic E-state index is 13.3. The topological polar surface area (TPSA) is 119 Å². The van der Waals surface area contributed by atoms with Gasteiger partial charge in [0.2, 0.25) is 17.7 Å². The fraction of sp³-hybridized carbons (Fsp3) is 0.433. The Kier molecular flexibility index (Phi) is 6.66. The lowest BCUT2D eigenvalue weighted by molar-refractivity contribution is -0.137. The van der Waals surface area contributed by atoms with Crippen molar-refractivity contribution in [2.24, 2.45) is 5.41 Å². The van der Waals surface area contributed by atoms with Crippen molar-refractivity contribution in [2.75, 3.05) is 32.0 Å². The molecule has 0 bridgehead atoms. The Balaban J connectivity index is 1.07. The summed E-state index contributed by atoms with van der Waals surface area (Å²) in [5.74, 6) is -1.76. The monoisotopic (exact) mass is 543 g/mol. The average molecular weight is 544 g/mol. The third-order valence-corrected chi connectivity index (χ3v) is 8.92. The minimum absolute atomic E-state index is 0.0841. The summed E-state index contributed by atoms with van der Waals surface area (Å²) in [7, 11) is 1.90. The van der Waals surface area contributed by atoms with Gasteiger partial charge in [-0.25, -0.2) is 0 Å². The molecule has 0 radical (unpaired) electrons. The summed E-state index contributed by atoms with van der Waals surface area (Å²) in [5.41, 5.74) is 3.12. The second-order valence-electron chi connectivity index (χ2n) is 11.4. The van der Waals surface area contributed by atoms with Gasteiger partial charge in [-0.3, -0.25) is 39.1 Å². The Morgan fingerprint density at radius 3 is 2.27 bits per heavy atom. The maximum Gasteiger partial charge on any atom is 0.264 e. The minimum Gasteiger partial charge on any atom is -0.380 e. The molecule has 4 heterocycles. The van der Waals surface area contributed by atoms with Crippen LogP contribution >= 0.6 is 0 Å². The number of nitrogens with one attached hydrogen (secondary N) is 2. The molecule has 5 amide bonds. The highest BCUT2D eigenvalue weighted by Gasteiger charge is 2.47. The van der Waals surface area contributed by atoms with Gasteiger partial charge in [0.15, 0.2) is 0 Å². The molecule has 1 spiro atoms. The molecule has 10 heteroatoms. The molecule has 0 saturated carbocycles. The zero-order valence-corrected chi connectivity index (χ0v) is 22.6. The zero-order chi connectivity index (χ0) is 28.0. The van der Waals surface area contributed by atoms with Crippen LogP contribution in [0.3, 0.4) is 0 Å². The fourth-order valence-corrected chi connectivity index (χ4v) is 6.48. The van der Waals surface area contributed by atoms with E-state index in [9.17, 15) is 24.0 Å². The molecule has 2 N–H and O–H groups in total. The first-order valence-corrected chi connectivity index (χ1v) is 13.9. The molecule has 3 saturated heterocycles. The highest BCUT2D eigenvalue weighted by Crippen LogP contribution is 2.41. The third-order valence-electron chi connectivity index (χ3n) is 8.92. The van der Waals surface area contributed by atoms with Crippen LogP contribution in [0.4, 0.5) is 5.69 Å². The first-order chi connectivity index (χ1) is 19.3. The lowest BCUT2D eigenvalue weighted by Gasteiger charge is -2.37. The summed E-state index contributed by atoms with van der Waals surface area (Å²) in [4.78, 5) is 68.1. The molecule has 2 aromatic carbocycles. The van der Waals surface area contributed by atoms with Crippen LogP contribution in [0.2, 0.25) is 0 Å². The van der Waals surface area contributed by atoms with E-state index in [4.69, 9.17) is 0 Å². The molecule has 3 fully saturated rings. The number of nitrogens with zero attached hydrogens (tertiary/aromatic N) is 3. The number of rotatable bonds is 6. The van der Waals surface area contributed by atoms with Gasteiger partial charge in [-0.05, 0) is 62.0 Å². The normalized spacial score (nSPS) is 22.7. The summed E-state index contributed by atoms with van der Waals surface area (Å²) in [6.45, 7) is 4.00. The van der Waals surface area contributed by atoms with E-state index in [-0.39, 0.29) is 29.4 Å². The lowest BCUT2D eigenvalue weighted by Crippen LogP contribution is -2.54. The molecule has 208 valence electrons. The van der Waals surface area contributed by atoms with Crippen LogP contribution in [0.25, 0.3) is 0 Å². The first kappa shape index (κ1) is 26.2. The van der Waals surface area contributed by atoms with Gasteiger partial charge in [-0.2, -0.15) is 0 Å². The van der Waals surface area contributed by atoms with Crippen molar-refractivity contribution >= 4 is 35.2 Å². The number of hydrogen-bond acceptors (Lipinski definition) is 7. The predicted molar refractivity (Wildman–Crippen MR) is 146 cm³/mol. The number of fused-ring (bicyclic) bond motifs is 1. The van der Waals surface area contributed by atoms with Crippen molar-refractivity contribution in [2.45, 2.75) is 51.2 Å². The summed E-state index contributed by atoms with van der Waals surface area (Å²) < 4.78 is 0. The van der Waals surface area contributed by atoms with Gasteiger partial charge < -0.3 is 10.2 Å².